The Balaban J connectivity index is 2.31. The van der Waals surface area contributed by atoms with Gasteiger partial charge in [-0.15, -0.1) is 0 Å². The molecule has 0 saturated heterocycles. The van der Waals surface area contributed by atoms with Crippen LogP contribution in [0, 0.1) is 0 Å². The van der Waals surface area contributed by atoms with Crippen LogP contribution in [-0.4, -0.2) is 23.7 Å². The SMILES string of the molecule is CCC(CO)NC(=O)c1ccccc1-c1ccccc1. The van der Waals surface area contributed by atoms with Crippen molar-refractivity contribution in [2.45, 2.75) is 19.4 Å². The van der Waals surface area contributed by atoms with Crippen LogP contribution in [0.2, 0.25) is 0 Å². The minimum atomic E-state index is -0.202. The average molecular weight is 269 g/mol. The number of carbonyl (C=O) groups excluding carboxylic acids is 1. The topological polar surface area (TPSA) is 49.3 Å². The first-order chi connectivity index (χ1) is 9.76. The number of amides is 1. The van der Waals surface area contributed by atoms with Gasteiger partial charge in [-0.1, -0.05) is 55.5 Å². The molecule has 3 heteroatoms. The average Bonchev–Trinajstić information content (AvgIpc) is 2.53. The van der Waals surface area contributed by atoms with Gasteiger partial charge < -0.3 is 10.4 Å². The summed E-state index contributed by atoms with van der Waals surface area (Å²) in [5, 5.41) is 12.0. The van der Waals surface area contributed by atoms with E-state index < -0.39 is 0 Å². The molecule has 0 aliphatic rings. The fraction of sp³-hybridized carbons (Fsp3) is 0.235. The van der Waals surface area contributed by atoms with Crippen molar-refractivity contribution in [3.05, 3.63) is 60.2 Å². The zero-order chi connectivity index (χ0) is 14.4. The van der Waals surface area contributed by atoms with E-state index in [0.29, 0.717) is 12.0 Å². The Kier molecular flexibility index (Phi) is 4.91. The maximum absolute atomic E-state index is 12.3. The molecule has 20 heavy (non-hydrogen) atoms. The van der Waals surface area contributed by atoms with Crippen molar-refractivity contribution in [3.8, 4) is 11.1 Å². The molecule has 0 radical (unpaired) electrons. The molecule has 1 amide bonds. The standard InChI is InChI=1S/C17H19NO2/c1-2-14(12-19)18-17(20)16-11-7-6-10-15(16)13-8-4-3-5-9-13/h3-11,14,19H,2,12H2,1H3,(H,18,20). The molecule has 0 heterocycles. The monoisotopic (exact) mass is 269 g/mol. The number of aliphatic hydroxyl groups is 1. The summed E-state index contributed by atoms with van der Waals surface area (Å²) >= 11 is 0. The Morgan fingerprint density at radius 1 is 1.10 bits per heavy atom. The number of hydrogen-bond acceptors (Lipinski definition) is 2. The van der Waals surface area contributed by atoms with Crippen molar-refractivity contribution >= 4 is 5.91 Å². The van der Waals surface area contributed by atoms with Gasteiger partial charge >= 0.3 is 0 Å². The van der Waals surface area contributed by atoms with Crippen molar-refractivity contribution in [3.63, 3.8) is 0 Å². The molecular weight excluding hydrogens is 250 g/mol. The van der Waals surface area contributed by atoms with Crippen molar-refractivity contribution in [2.75, 3.05) is 6.61 Å². The summed E-state index contributed by atoms with van der Waals surface area (Å²) in [6.45, 7) is 1.89. The summed E-state index contributed by atoms with van der Waals surface area (Å²) < 4.78 is 0. The van der Waals surface area contributed by atoms with Crippen LogP contribution in [-0.2, 0) is 0 Å². The predicted molar refractivity (Wildman–Crippen MR) is 80.5 cm³/mol. The summed E-state index contributed by atoms with van der Waals surface area (Å²) in [5.41, 5.74) is 2.54. The van der Waals surface area contributed by atoms with Gasteiger partial charge in [0.05, 0.1) is 12.6 Å². The summed E-state index contributed by atoms with van der Waals surface area (Å²) in [7, 11) is 0. The molecule has 2 aromatic rings. The Morgan fingerprint density at radius 2 is 1.75 bits per heavy atom. The van der Waals surface area contributed by atoms with E-state index >= 15 is 0 Å². The molecule has 1 unspecified atom stereocenters. The van der Waals surface area contributed by atoms with Crippen LogP contribution < -0.4 is 5.32 Å². The van der Waals surface area contributed by atoms with E-state index in [0.717, 1.165) is 11.1 Å². The van der Waals surface area contributed by atoms with Crippen LogP contribution >= 0.6 is 0 Å². The lowest BCUT2D eigenvalue weighted by Crippen LogP contribution is -2.37. The first-order valence-corrected chi connectivity index (χ1v) is 6.82. The largest absolute Gasteiger partial charge is 0.394 e. The number of benzene rings is 2. The highest BCUT2D eigenvalue weighted by molar-refractivity contribution is 6.01. The highest BCUT2D eigenvalue weighted by atomic mass is 16.3. The molecule has 2 aromatic carbocycles. The van der Waals surface area contributed by atoms with Crippen molar-refractivity contribution in [1.82, 2.24) is 5.32 Å². The zero-order valence-electron chi connectivity index (χ0n) is 11.5. The maximum atomic E-state index is 12.3. The second-order valence-electron chi connectivity index (χ2n) is 4.67. The smallest absolute Gasteiger partial charge is 0.252 e. The molecule has 0 aromatic heterocycles. The van der Waals surface area contributed by atoms with Crippen LogP contribution in [0.15, 0.2) is 54.6 Å². The van der Waals surface area contributed by atoms with Crippen LogP contribution in [0.4, 0.5) is 0 Å². The predicted octanol–water partition coefficient (Wildman–Crippen LogP) is 2.85. The van der Waals surface area contributed by atoms with E-state index in [1.807, 2.05) is 61.5 Å². The van der Waals surface area contributed by atoms with Gasteiger partial charge in [0.2, 0.25) is 0 Å². The molecule has 0 bridgehead atoms. The first kappa shape index (κ1) is 14.3. The van der Waals surface area contributed by atoms with Crippen LogP contribution in [0.3, 0.4) is 0 Å². The molecule has 3 nitrogen and oxygen atoms in total. The highest BCUT2D eigenvalue weighted by Gasteiger charge is 2.15. The third kappa shape index (κ3) is 3.25. The summed E-state index contributed by atoms with van der Waals surface area (Å²) in [5.74, 6) is -0.148. The lowest BCUT2D eigenvalue weighted by Gasteiger charge is -2.16. The second kappa shape index (κ2) is 6.87. The molecule has 0 aliphatic heterocycles. The molecule has 0 spiro atoms. The van der Waals surface area contributed by atoms with E-state index in [4.69, 9.17) is 0 Å². The van der Waals surface area contributed by atoms with Gasteiger partial charge in [0.1, 0.15) is 0 Å². The lowest BCUT2D eigenvalue weighted by atomic mass is 9.99. The fourth-order valence-corrected chi connectivity index (χ4v) is 2.09. The number of rotatable bonds is 5. The molecule has 2 rings (SSSR count). The third-order valence-electron chi connectivity index (χ3n) is 3.30. The van der Waals surface area contributed by atoms with E-state index in [9.17, 15) is 9.90 Å². The maximum Gasteiger partial charge on any atom is 0.252 e. The normalized spacial score (nSPS) is 11.9. The number of hydrogen-bond donors (Lipinski definition) is 2. The highest BCUT2D eigenvalue weighted by Crippen LogP contribution is 2.23. The molecule has 1 atom stereocenters. The van der Waals surface area contributed by atoms with Gasteiger partial charge in [-0.05, 0) is 23.6 Å². The van der Waals surface area contributed by atoms with Gasteiger partial charge in [-0.3, -0.25) is 4.79 Å². The van der Waals surface area contributed by atoms with E-state index in [-0.39, 0.29) is 18.6 Å². The number of nitrogens with one attached hydrogen (secondary N) is 1. The molecule has 104 valence electrons. The Morgan fingerprint density at radius 3 is 2.40 bits per heavy atom. The van der Waals surface area contributed by atoms with Gasteiger partial charge in [-0.2, -0.15) is 0 Å². The van der Waals surface area contributed by atoms with Crippen LogP contribution in [0.25, 0.3) is 11.1 Å². The summed E-state index contributed by atoms with van der Waals surface area (Å²) in [6.07, 6.45) is 0.704. The van der Waals surface area contributed by atoms with Gasteiger partial charge in [0.15, 0.2) is 0 Å². The summed E-state index contributed by atoms with van der Waals surface area (Å²) in [4.78, 5) is 12.3. The van der Waals surface area contributed by atoms with Gasteiger partial charge in [-0.25, -0.2) is 0 Å². The van der Waals surface area contributed by atoms with Crippen molar-refractivity contribution in [1.29, 1.82) is 0 Å². The lowest BCUT2D eigenvalue weighted by molar-refractivity contribution is 0.0915. The molecule has 0 aliphatic carbocycles. The van der Waals surface area contributed by atoms with Crippen molar-refractivity contribution in [2.24, 2.45) is 0 Å². The first-order valence-electron chi connectivity index (χ1n) is 6.82. The fourth-order valence-electron chi connectivity index (χ4n) is 2.09. The molecule has 2 N–H and O–H groups in total. The number of aliphatic hydroxyl groups excluding tert-OH is 1. The Hall–Kier alpha value is -2.13. The van der Waals surface area contributed by atoms with Gasteiger partial charge in [0.25, 0.3) is 5.91 Å². The van der Waals surface area contributed by atoms with E-state index in [1.165, 1.54) is 0 Å². The molecule has 0 fully saturated rings. The quantitative estimate of drug-likeness (QED) is 0.877. The van der Waals surface area contributed by atoms with E-state index in [2.05, 4.69) is 5.32 Å². The van der Waals surface area contributed by atoms with Crippen LogP contribution in [0.1, 0.15) is 23.7 Å². The minimum Gasteiger partial charge on any atom is -0.394 e. The molecular formula is C17H19NO2. The van der Waals surface area contributed by atoms with E-state index in [1.54, 1.807) is 0 Å². The Bertz CT molecular complexity index is 562. The number of carbonyl (C=O) groups is 1. The van der Waals surface area contributed by atoms with Crippen LogP contribution in [0.5, 0.6) is 0 Å². The second-order valence-corrected chi connectivity index (χ2v) is 4.67. The minimum absolute atomic E-state index is 0.0459. The molecule has 0 saturated carbocycles. The third-order valence-corrected chi connectivity index (χ3v) is 3.30. The van der Waals surface area contributed by atoms with Crippen molar-refractivity contribution < 1.29 is 9.90 Å². The summed E-state index contributed by atoms with van der Waals surface area (Å²) in [6, 6.07) is 17.1. The van der Waals surface area contributed by atoms with Gasteiger partial charge in [0, 0.05) is 5.56 Å². The zero-order valence-corrected chi connectivity index (χ0v) is 11.5. The Labute approximate surface area is 119 Å².